The molecule has 2 aliphatic heterocycles. The van der Waals surface area contributed by atoms with Crippen molar-refractivity contribution in [3.8, 4) is 0 Å². The van der Waals surface area contributed by atoms with E-state index >= 15 is 0 Å². The van der Waals surface area contributed by atoms with E-state index in [1.54, 1.807) is 24.4 Å². The van der Waals surface area contributed by atoms with Gasteiger partial charge in [0, 0.05) is 23.7 Å². The molecule has 0 aliphatic carbocycles. The number of nitrogens with zero attached hydrogens (tertiary/aromatic N) is 3. The molecule has 0 fully saturated rings. The summed E-state index contributed by atoms with van der Waals surface area (Å²) in [4.78, 5) is 4.25. The van der Waals surface area contributed by atoms with Crippen LogP contribution >= 0.6 is 0 Å². The molecule has 1 unspecified atom stereocenters. The first kappa shape index (κ1) is 10.7. The SMILES string of the molecule is [O-][N+]12CC=CC=C1N(O)c1cc3ncccc3cc12. The third-order valence-electron chi connectivity index (χ3n) is 3.65. The van der Waals surface area contributed by atoms with Crippen molar-refractivity contribution in [1.29, 1.82) is 0 Å². The molecule has 0 bridgehead atoms. The second-order valence-electron chi connectivity index (χ2n) is 4.72. The zero-order valence-electron chi connectivity index (χ0n) is 10.0. The minimum Gasteiger partial charge on any atom is -0.620 e. The number of hydroxylamine groups is 3. The standard InChI is InChI=1S/C14H11N3O2/c18-16-12-9-11-10(4-3-6-15-11)8-13(12)17(19)7-2-1-5-14(16)17/h1-6,8-9,18H,7H2. The molecule has 1 aromatic heterocycles. The first-order valence-corrected chi connectivity index (χ1v) is 6.05. The lowest BCUT2D eigenvalue weighted by Crippen LogP contribution is -2.44. The third-order valence-corrected chi connectivity index (χ3v) is 3.65. The highest BCUT2D eigenvalue weighted by Gasteiger charge is 2.42. The molecule has 1 aromatic carbocycles. The number of fused-ring (bicyclic) bond motifs is 4. The predicted octanol–water partition coefficient (Wildman–Crippen LogP) is 2.66. The van der Waals surface area contributed by atoms with Crippen LogP contribution < -0.4 is 9.71 Å². The van der Waals surface area contributed by atoms with Crippen LogP contribution in [-0.2, 0) is 0 Å². The molecule has 0 radical (unpaired) electrons. The Morgan fingerprint density at radius 3 is 3.16 bits per heavy atom. The van der Waals surface area contributed by atoms with E-state index in [0.29, 0.717) is 23.7 Å². The van der Waals surface area contributed by atoms with E-state index in [1.807, 2.05) is 24.3 Å². The first-order chi connectivity index (χ1) is 9.20. The maximum atomic E-state index is 13.0. The lowest BCUT2D eigenvalue weighted by Gasteiger charge is -2.38. The fraction of sp³-hybridized carbons (Fsp3) is 0.0714. The molecule has 1 N–H and O–H groups in total. The van der Waals surface area contributed by atoms with Crippen LogP contribution in [0.4, 0.5) is 11.4 Å². The fourth-order valence-electron chi connectivity index (χ4n) is 2.70. The van der Waals surface area contributed by atoms with Gasteiger partial charge in [0.1, 0.15) is 12.2 Å². The second-order valence-corrected chi connectivity index (χ2v) is 4.72. The maximum absolute atomic E-state index is 13.0. The minimum atomic E-state index is -0.646. The summed E-state index contributed by atoms with van der Waals surface area (Å²) in [7, 11) is 0. The Hall–Kier alpha value is -2.21. The van der Waals surface area contributed by atoms with Gasteiger partial charge in [-0.3, -0.25) is 14.8 Å². The molecule has 3 heterocycles. The van der Waals surface area contributed by atoms with E-state index in [4.69, 9.17) is 0 Å². The third kappa shape index (κ3) is 1.26. The van der Waals surface area contributed by atoms with E-state index < -0.39 is 4.65 Å². The van der Waals surface area contributed by atoms with Crippen molar-refractivity contribution < 1.29 is 5.21 Å². The number of hydrogen-bond donors (Lipinski definition) is 1. The fourth-order valence-corrected chi connectivity index (χ4v) is 2.70. The smallest absolute Gasteiger partial charge is 0.238 e. The Bertz CT molecular complexity index is 753. The van der Waals surface area contributed by atoms with Gasteiger partial charge in [-0.2, -0.15) is 5.06 Å². The molecule has 94 valence electrons. The van der Waals surface area contributed by atoms with Gasteiger partial charge in [-0.1, -0.05) is 12.1 Å². The van der Waals surface area contributed by atoms with E-state index in [9.17, 15) is 10.4 Å². The van der Waals surface area contributed by atoms with E-state index in [1.165, 1.54) is 0 Å². The van der Waals surface area contributed by atoms with Crippen LogP contribution in [0.5, 0.6) is 0 Å². The molecule has 0 amide bonds. The van der Waals surface area contributed by atoms with Crippen molar-refractivity contribution in [3.63, 3.8) is 0 Å². The van der Waals surface area contributed by atoms with Crippen LogP contribution in [0.25, 0.3) is 10.9 Å². The van der Waals surface area contributed by atoms with Crippen LogP contribution in [0.15, 0.2) is 54.5 Å². The molecule has 2 aromatic rings. The summed E-state index contributed by atoms with van der Waals surface area (Å²) in [6, 6.07) is 7.32. The van der Waals surface area contributed by atoms with Gasteiger partial charge in [-0.05, 0) is 18.2 Å². The summed E-state index contributed by atoms with van der Waals surface area (Å²) >= 11 is 0. The Balaban J connectivity index is 2.06. The zero-order valence-corrected chi connectivity index (χ0v) is 10.0. The summed E-state index contributed by atoms with van der Waals surface area (Å²) in [5.74, 6) is 0.327. The Kier molecular flexibility index (Phi) is 1.92. The summed E-state index contributed by atoms with van der Waals surface area (Å²) < 4.78 is -0.646. The number of benzene rings is 1. The first-order valence-electron chi connectivity index (χ1n) is 6.05. The van der Waals surface area contributed by atoms with Gasteiger partial charge >= 0.3 is 0 Å². The van der Waals surface area contributed by atoms with Crippen molar-refractivity contribution in [2.45, 2.75) is 0 Å². The monoisotopic (exact) mass is 253 g/mol. The average Bonchev–Trinajstić information content (AvgIpc) is 2.66. The summed E-state index contributed by atoms with van der Waals surface area (Å²) in [6.07, 6.45) is 6.94. The molecule has 0 saturated carbocycles. The Labute approximate surface area is 109 Å². The van der Waals surface area contributed by atoms with Crippen LogP contribution in [0.3, 0.4) is 0 Å². The van der Waals surface area contributed by atoms with E-state index in [0.717, 1.165) is 16.0 Å². The van der Waals surface area contributed by atoms with Crippen molar-refractivity contribution in [1.82, 2.24) is 9.63 Å². The number of aromatic nitrogens is 1. The molecule has 5 nitrogen and oxygen atoms in total. The summed E-state index contributed by atoms with van der Waals surface area (Å²) in [5.41, 5.74) is 1.83. The van der Waals surface area contributed by atoms with Crippen molar-refractivity contribution in [2.75, 3.05) is 11.6 Å². The molecular weight excluding hydrogens is 242 g/mol. The molecule has 5 heteroatoms. The highest BCUT2D eigenvalue weighted by molar-refractivity contribution is 5.93. The number of anilines is 1. The molecule has 2 aliphatic rings. The summed E-state index contributed by atoms with van der Waals surface area (Å²) in [6.45, 7) is 0.293. The molecule has 19 heavy (non-hydrogen) atoms. The van der Waals surface area contributed by atoms with Gasteiger partial charge < -0.3 is 5.21 Å². The maximum Gasteiger partial charge on any atom is 0.238 e. The van der Waals surface area contributed by atoms with Crippen molar-refractivity contribution in [3.05, 3.63) is 59.7 Å². The van der Waals surface area contributed by atoms with Gasteiger partial charge in [-0.25, -0.2) is 0 Å². The van der Waals surface area contributed by atoms with Gasteiger partial charge in [0.25, 0.3) is 0 Å². The predicted molar refractivity (Wildman–Crippen MR) is 73.3 cm³/mol. The van der Waals surface area contributed by atoms with E-state index in [2.05, 4.69) is 4.98 Å². The molecule has 0 spiro atoms. The largest absolute Gasteiger partial charge is 0.620 e. The second kappa shape index (κ2) is 3.42. The molecular formula is C14H11N3O2. The summed E-state index contributed by atoms with van der Waals surface area (Å²) in [5, 5.41) is 25.0. The van der Waals surface area contributed by atoms with E-state index in [-0.39, 0.29) is 0 Å². The van der Waals surface area contributed by atoms with Crippen LogP contribution in [0, 0.1) is 5.21 Å². The number of quaternary nitrogens is 1. The van der Waals surface area contributed by atoms with Crippen molar-refractivity contribution >= 4 is 22.3 Å². The normalized spacial score (nSPS) is 24.3. The van der Waals surface area contributed by atoms with Gasteiger partial charge in [-0.15, -0.1) is 0 Å². The van der Waals surface area contributed by atoms with Gasteiger partial charge in [0.2, 0.25) is 5.82 Å². The Morgan fingerprint density at radius 1 is 1.37 bits per heavy atom. The van der Waals surface area contributed by atoms with Crippen molar-refractivity contribution in [2.24, 2.45) is 0 Å². The number of rotatable bonds is 0. The minimum absolute atomic E-state index is 0.293. The molecule has 0 saturated heterocycles. The number of pyridine rings is 1. The molecule has 1 atom stereocenters. The topological polar surface area (TPSA) is 59.4 Å². The zero-order chi connectivity index (χ0) is 13.0. The number of hydrogen-bond acceptors (Lipinski definition) is 4. The lowest BCUT2D eigenvalue weighted by molar-refractivity contribution is 0.265. The lowest BCUT2D eigenvalue weighted by atomic mass is 10.1. The number of allylic oxidation sites excluding steroid dienone is 2. The van der Waals surface area contributed by atoms with Crippen LogP contribution in [0.2, 0.25) is 0 Å². The quantitative estimate of drug-likeness (QED) is 0.579. The molecule has 4 rings (SSSR count). The van der Waals surface area contributed by atoms with Crippen LogP contribution in [-0.4, -0.2) is 16.7 Å². The van der Waals surface area contributed by atoms with Crippen LogP contribution in [0.1, 0.15) is 0 Å². The Morgan fingerprint density at radius 2 is 2.26 bits per heavy atom. The van der Waals surface area contributed by atoms with Gasteiger partial charge in [0.15, 0.2) is 5.69 Å². The highest BCUT2D eigenvalue weighted by atomic mass is 16.6. The average molecular weight is 253 g/mol. The highest BCUT2D eigenvalue weighted by Crippen LogP contribution is 2.48. The van der Waals surface area contributed by atoms with Gasteiger partial charge in [0.05, 0.1) is 5.52 Å².